The van der Waals surface area contributed by atoms with Crippen molar-refractivity contribution in [2.45, 2.75) is 0 Å². The molecule has 2 N–H and O–H groups in total. The molecule has 2 aromatic heterocycles. The highest BCUT2D eigenvalue weighted by molar-refractivity contribution is 6.04. The van der Waals surface area contributed by atoms with Crippen molar-refractivity contribution in [1.29, 1.82) is 0 Å². The minimum Gasteiger partial charge on any atom is -0.369 e. The number of carbonyl (C=O) groups is 1. The number of amides is 1. The van der Waals surface area contributed by atoms with Crippen LogP contribution in [0.15, 0.2) is 79.1 Å². The molecule has 4 aromatic rings. The number of halogens is 2. The Balaban J connectivity index is 1.41. The first-order chi connectivity index (χ1) is 18.0. The van der Waals surface area contributed by atoms with Crippen LogP contribution in [0.2, 0.25) is 0 Å². The van der Waals surface area contributed by atoms with Crippen LogP contribution in [0.25, 0.3) is 22.2 Å². The molecule has 1 aliphatic heterocycles. The predicted molar refractivity (Wildman–Crippen MR) is 141 cm³/mol. The number of pyridine rings is 1. The van der Waals surface area contributed by atoms with E-state index in [1.54, 1.807) is 24.5 Å². The largest absolute Gasteiger partial charge is 0.369 e. The van der Waals surface area contributed by atoms with Crippen molar-refractivity contribution in [3.8, 4) is 11.3 Å². The van der Waals surface area contributed by atoms with Crippen LogP contribution in [-0.2, 0) is 4.79 Å². The van der Waals surface area contributed by atoms with Crippen molar-refractivity contribution in [2.75, 3.05) is 48.8 Å². The van der Waals surface area contributed by atoms with Gasteiger partial charge in [0.25, 0.3) is 12.0 Å². The van der Waals surface area contributed by atoms with Gasteiger partial charge in [0, 0.05) is 60.9 Å². The standard InChI is InChI=1S/C27H25F2N7O/c1-35-12-14-36(15-13-35)20-9-7-19(8-10-20)32-27-31-17-18-4-2-5-21(25(18)34-27)26-22(6-3-11-30-26)33-24(37)16-23(28)29/h2-11,16-17H,12-15H2,1H3,(H,33,37)(H,31,32,34). The third-order valence-corrected chi connectivity index (χ3v) is 6.16. The maximum atomic E-state index is 12.5. The molecule has 1 saturated heterocycles. The Labute approximate surface area is 212 Å². The van der Waals surface area contributed by atoms with E-state index < -0.39 is 12.0 Å². The van der Waals surface area contributed by atoms with Crippen LogP contribution < -0.4 is 15.5 Å². The summed E-state index contributed by atoms with van der Waals surface area (Å²) in [4.78, 5) is 30.2. The number of piperazine rings is 1. The lowest BCUT2D eigenvalue weighted by Gasteiger charge is -2.34. The summed E-state index contributed by atoms with van der Waals surface area (Å²) in [5, 5.41) is 6.49. The summed E-state index contributed by atoms with van der Waals surface area (Å²) in [6.45, 7) is 4.07. The minimum absolute atomic E-state index is 0.235. The maximum Gasteiger partial charge on any atom is 0.275 e. The van der Waals surface area contributed by atoms with E-state index in [1.807, 2.05) is 30.3 Å². The van der Waals surface area contributed by atoms with Gasteiger partial charge in [-0.2, -0.15) is 8.78 Å². The van der Waals surface area contributed by atoms with Gasteiger partial charge in [-0.3, -0.25) is 9.78 Å². The highest BCUT2D eigenvalue weighted by atomic mass is 19.3. The number of nitrogens with one attached hydrogen (secondary N) is 2. The molecule has 1 aliphatic rings. The van der Waals surface area contributed by atoms with Crippen LogP contribution >= 0.6 is 0 Å². The molecule has 1 amide bonds. The van der Waals surface area contributed by atoms with Gasteiger partial charge in [0.05, 0.1) is 23.0 Å². The topological polar surface area (TPSA) is 86.3 Å². The quantitative estimate of drug-likeness (QED) is 0.363. The van der Waals surface area contributed by atoms with Gasteiger partial charge in [0.15, 0.2) is 0 Å². The molecule has 5 rings (SSSR count). The van der Waals surface area contributed by atoms with E-state index in [1.165, 1.54) is 5.69 Å². The van der Waals surface area contributed by atoms with Gasteiger partial charge in [-0.1, -0.05) is 18.2 Å². The fourth-order valence-corrected chi connectivity index (χ4v) is 4.25. The van der Waals surface area contributed by atoms with Crippen LogP contribution in [-0.4, -0.2) is 59.0 Å². The SMILES string of the molecule is CN1CCN(c2ccc(Nc3ncc4cccc(-c5ncccc5NC(=O)C=C(F)F)c4n3)cc2)CC1. The zero-order valence-corrected chi connectivity index (χ0v) is 20.2. The van der Waals surface area contributed by atoms with E-state index in [9.17, 15) is 13.6 Å². The van der Waals surface area contributed by atoms with Crippen molar-refractivity contribution in [2.24, 2.45) is 0 Å². The fourth-order valence-electron chi connectivity index (χ4n) is 4.25. The highest BCUT2D eigenvalue weighted by Crippen LogP contribution is 2.32. The lowest BCUT2D eigenvalue weighted by Crippen LogP contribution is -2.44. The number of likely N-dealkylation sites (N-methyl/N-ethyl adjacent to an activating group) is 1. The summed E-state index contributed by atoms with van der Waals surface area (Å²) in [5.74, 6) is -0.539. The number of anilines is 4. The molecule has 10 heteroatoms. The average molecular weight is 502 g/mol. The number of benzene rings is 2. The van der Waals surface area contributed by atoms with Gasteiger partial charge in [0.2, 0.25) is 5.95 Å². The predicted octanol–water partition coefficient (Wildman–Crippen LogP) is 4.91. The van der Waals surface area contributed by atoms with Gasteiger partial charge in [0.1, 0.15) is 0 Å². The number of para-hydroxylation sites is 1. The Morgan fingerprint density at radius 2 is 1.76 bits per heavy atom. The lowest BCUT2D eigenvalue weighted by atomic mass is 10.1. The van der Waals surface area contributed by atoms with Crippen LogP contribution in [0.4, 0.5) is 31.8 Å². The van der Waals surface area contributed by atoms with Crippen LogP contribution in [0.1, 0.15) is 0 Å². The van der Waals surface area contributed by atoms with Crippen molar-refractivity contribution in [3.05, 3.63) is 79.1 Å². The first kappa shape index (κ1) is 24.3. The van der Waals surface area contributed by atoms with Gasteiger partial charge < -0.3 is 20.4 Å². The van der Waals surface area contributed by atoms with E-state index in [2.05, 4.69) is 49.6 Å². The van der Waals surface area contributed by atoms with Crippen LogP contribution in [0, 0.1) is 0 Å². The summed E-state index contributed by atoms with van der Waals surface area (Å²) in [6.07, 6.45) is 1.43. The third-order valence-electron chi connectivity index (χ3n) is 6.16. The van der Waals surface area contributed by atoms with Crippen LogP contribution in [0.3, 0.4) is 0 Å². The number of carbonyl (C=O) groups excluding carboxylic acids is 1. The van der Waals surface area contributed by atoms with Crippen molar-refractivity contribution >= 4 is 39.8 Å². The molecule has 0 spiro atoms. The second-order valence-corrected chi connectivity index (χ2v) is 8.72. The summed E-state index contributed by atoms with van der Waals surface area (Å²) >= 11 is 0. The Morgan fingerprint density at radius 1 is 0.973 bits per heavy atom. The maximum absolute atomic E-state index is 12.5. The Kier molecular flexibility index (Phi) is 7.00. The van der Waals surface area contributed by atoms with Gasteiger partial charge in [-0.05, 0) is 43.4 Å². The van der Waals surface area contributed by atoms with E-state index >= 15 is 0 Å². The molecular formula is C27H25F2N7O. The second-order valence-electron chi connectivity index (χ2n) is 8.72. The second kappa shape index (κ2) is 10.7. The zero-order chi connectivity index (χ0) is 25.8. The third kappa shape index (κ3) is 5.70. The summed E-state index contributed by atoms with van der Waals surface area (Å²) in [7, 11) is 2.13. The molecule has 0 atom stereocenters. The fraction of sp³-hybridized carbons (Fsp3) is 0.185. The van der Waals surface area contributed by atoms with Gasteiger partial charge >= 0.3 is 0 Å². The van der Waals surface area contributed by atoms with E-state index in [0.29, 0.717) is 28.4 Å². The first-order valence-electron chi connectivity index (χ1n) is 11.8. The van der Waals surface area contributed by atoms with Gasteiger partial charge in [-0.25, -0.2) is 9.97 Å². The molecule has 0 radical (unpaired) electrons. The monoisotopic (exact) mass is 501 g/mol. The molecule has 2 aromatic carbocycles. The number of rotatable bonds is 6. The van der Waals surface area contributed by atoms with Crippen molar-refractivity contribution in [3.63, 3.8) is 0 Å². The molecule has 0 unspecified atom stereocenters. The smallest absolute Gasteiger partial charge is 0.275 e. The van der Waals surface area contributed by atoms with Crippen LogP contribution in [0.5, 0.6) is 0 Å². The summed E-state index contributed by atoms with van der Waals surface area (Å²) < 4.78 is 25.1. The number of fused-ring (bicyclic) bond motifs is 1. The molecule has 3 heterocycles. The van der Waals surface area contributed by atoms with E-state index in [4.69, 9.17) is 4.98 Å². The normalized spacial score (nSPS) is 13.9. The molecule has 8 nitrogen and oxygen atoms in total. The number of hydrogen-bond acceptors (Lipinski definition) is 7. The van der Waals surface area contributed by atoms with Crippen molar-refractivity contribution < 1.29 is 13.6 Å². The Morgan fingerprint density at radius 3 is 2.51 bits per heavy atom. The number of nitrogens with zero attached hydrogens (tertiary/aromatic N) is 5. The summed E-state index contributed by atoms with van der Waals surface area (Å²) in [6, 6.07) is 16.9. The Bertz CT molecular complexity index is 1450. The molecule has 37 heavy (non-hydrogen) atoms. The molecule has 1 fully saturated rings. The van der Waals surface area contributed by atoms with Crippen molar-refractivity contribution in [1.82, 2.24) is 19.9 Å². The highest BCUT2D eigenvalue weighted by Gasteiger charge is 2.16. The molecular weight excluding hydrogens is 476 g/mol. The summed E-state index contributed by atoms with van der Waals surface area (Å²) in [5.41, 5.74) is 3.97. The van der Waals surface area contributed by atoms with E-state index in [0.717, 1.165) is 37.3 Å². The Hall–Kier alpha value is -4.44. The molecule has 0 aliphatic carbocycles. The zero-order valence-electron chi connectivity index (χ0n) is 20.2. The number of hydrogen-bond donors (Lipinski definition) is 2. The average Bonchev–Trinajstić information content (AvgIpc) is 2.89. The molecule has 0 saturated carbocycles. The molecule has 188 valence electrons. The van der Waals surface area contributed by atoms with Gasteiger partial charge in [-0.15, -0.1) is 0 Å². The number of aromatic nitrogens is 3. The molecule has 0 bridgehead atoms. The van der Waals surface area contributed by atoms with E-state index in [-0.39, 0.29) is 6.08 Å². The first-order valence-corrected chi connectivity index (χ1v) is 11.8. The minimum atomic E-state index is -2.08. The lowest BCUT2D eigenvalue weighted by molar-refractivity contribution is -0.112.